The van der Waals surface area contributed by atoms with E-state index in [4.69, 9.17) is 14.2 Å². The Kier molecular flexibility index (Phi) is 6.81. The van der Waals surface area contributed by atoms with E-state index in [0.29, 0.717) is 34.9 Å². The molecule has 0 aromatic heterocycles. The van der Waals surface area contributed by atoms with Gasteiger partial charge in [-0.05, 0) is 49.6 Å². The highest BCUT2D eigenvalue weighted by Gasteiger charge is 2.16. The van der Waals surface area contributed by atoms with E-state index in [0.717, 1.165) is 11.1 Å². The number of anilines is 1. The molecule has 8 nitrogen and oxygen atoms in total. The number of carbonyl (C=O) groups excluding carboxylic acids is 1. The maximum absolute atomic E-state index is 12.4. The Morgan fingerprint density at radius 3 is 2.11 bits per heavy atom. The highest BCUT2D eigenvalue weighted by molar-refractivity contribution is 5.92. The van der Waals surface area contributed by atoms with Crippen LogP contribution in [0.2, 0.25) is 0 Å². The molecule has 28 heavy (non-hydrogen) atoms. The normalized spacial score (nSPS) is 10.3. The van der Waals surface area contributed by atoms with Crippen LogP contribution in [-0.2, 0) is 11.2 Å². The number of aryl methyl sites for hydroxylation is 3. The average molecular weight is 388 g/mol. The number of nitrogens with zero attached hydrogens (tertiary/aromatic N) is 1. The van der Waals surface area contributed by atoms with Crippen LogP contribution in [0.15, 0.2) is 24.3 Å². The fourth-order valence-corrected chi connectivity index (χ4v) is 2.92. The minimum atomic E-state index is -0.458. The Balaban J connectivity index is 2.13. The van der Waals surface area contributed by atoms with Crippen LogP contribution in [0.25, 0.3) is 0 Å². The lowest BCUT2D eigenvalue weighted by atomic mass is 10.1. The van der Waals surface area contributed by atoms with Gasteiger partial charge in [0.15, 0.2) is 11.5 Å². The minimum Gasteiger partial charge on any atom is -0.493 e. The molecule has 0 atom stereocenters. The number of methoxy groups -OCH3 is 3. The maximum atomic E-state index is 12.4. The summed E-state index contributed by atoms with van der Waals surface area (Å²) in [5.74, 6) is 1.28. The van der Waals surface area contributed by atoms with Crippen molar-refractivity contribution in [3.63, 3.8) is 0 Å². The number of nitro groups is 1. The van der Waals surface area contributed by atoms with E-state index in [2.05, 4.69) is 5.32 Å². The number of carbonyl (C=O) groups is 1. The number of nitrogens with one attached hydrogen (secondary N) is 1. The van der Waals surface area contributed by atoms with Crippen LogP contribution in [-0.4, -0.2) is 32.2 Å². The largest absolute Gasteiger partial charge is 0.493 e. The lowest BCUT2D eigenvalue weighted by Crippen LogP contribution is -2.13. The zero-order chi connectivity index (χ0) is 20.8. The van der Waals surface area contributed by atoms with Crippen molar-refractivity contribution < 1.29 is 23.9 Å². The molecule has 1 amide bonds. The number of ether oxygens (including phenoxy) is 3. The Labute approximate surface area is 163 Å². The summed E-state index contributed by atoms with van der Waals surface area (Å²) in [5, 5.41) is 13.9. The molecule has 8 heteroatoms. The molecule has 0 saturated carbocycles. The predicted molar refractivity (Wildman–Crippen MR) is 106 cm³/mol. The molecule has 0 heterocycles. The van der Waals surface area contributed by atoms with E-state index in [-0.39, 0.29) is 18.0 Å². The van der Waals surface area contributed by atoms with Crippen molar-refractivity contribution in [2.75, 3.05) is 26.6 Å². The first-order valence-corrected chi connectivity index (χ1v) is 8.65. The molecule has 2 rings (SSSR count). The Morgan fingerprint density at radius 1 is 1.00 bits per heavy atom. The molecular weight excluding hydrogens is 364 g/mol. The van der Waals surface area contributed by atoms with E-state index in [1.165, 1.54) is 27.4 Å². The van der Waals surface area contributed by atoms with Gasteiger partial charge in [-0.2, -0.15) is 0 Å². The van der Waals surface area contributed by atoms with E-state index >= 15 is 0 Å². The molecule has 150 valence electrons. The highest BCUT2D eigenvalue weighted by atomic mass is 16.6. The van der Waals surface area contributed by atoms with Gasteiger partial charge < -0.3 is 19.5 Å². The maximum Gasteiger partial charge on any atom is 0.274 e. The third kappa shape index (κ3) is 4.70. The van der Waals surface area contributed by atoms with Crippen molar-refractivity contribution in [3.8, 4) is 17.2 Å². The molecule has 0 unspecified atom stereocenters. The van der Waals surface area contributed by atoms with Crippen LogP contribution in [0.5, 0.6) is 17.2 Å². The van der Waals surface area contributed by atoms with Crippen LogP contribution in [0.3, 0.4) is 0 Å². The zero-order valence-corrected chi connectivity index (χ0v) is 16.6. The highest BCUT2D eigenvalue weighted by Crippen LogP contribution is 2.38. The van der Waals surface area contributed by atoms with Gasteiger partial charge in [-0.3, -0.25) is 14.9 Å². The van der Waals surface area contributed by atoms with E-state index in [9.17, 15) is 14.9 Å². The van der Waals surface area contributed by atoms with Crippen LogP contribution in [0.1, 0.15) is 23.1 Å². The van der Waals surface area contributed by atoms with Crippen LogP contribution in [0, 0.1) is 24.0 Å². The molecule has 0 fully saturated rings. The summed E-state index contributed by atoms with van der Waals surface area (Å²) < 4.78 is 15.9. The molecule has 0 aliphatic carbocycles. The van der Waals surface area contributed by atoms with Crippen LogP contribution < -0.4 is 19.5 Å². The first kappa shape index (κ1) is 21.0. The molecule has 2 aromatic carbocycles. The van der Waals surface area contributed by atoms with Gasteiger partial charge in [0.2, 0.25) is 11.7 Å². The number of rotatable bonds is 8. The lowest BCUT2D eigenvalue weighted by molar-refractivity contribution is -0.385. The molecule has 1 N–H and O–H groups in total. The second-order valence-corrected chi connectivity index (χ2v) is 6.29. The zero-order valence-electron chi connectivity index (χ0n) is 16.6. The summed E-state index contributed by atoms with van der Waals surface area (Å²) in [7, 11) is 4.58. The predicted octanol–water partition coefficient (Wildman–Crippen LogP) is 3.81. The van der Waals surface area contributed by atoms with Crippen LogP contribution >= 0.6 is 0 Å². The van der Waals surface area contributed by atoms with Crippen molar-refractivity contribution in [1.29, 1.82) is 0 Å². The lowest BCUT2D eigenvalue weighted by Gasteiger charge is -2.14. The van der Waals surface area contributed by atoms with Crippen molar-refractivity contribution in [2.45, 2.75) is 26.7 Å². The molecule has 0 radical (unpaired) electrons. The van der Waals surface area contributed by atoms with Crippen molar-refractivity contribution in [3.05, 3.63) is 51.1 Å². The van der Waals surface area contributed by atoms with Crippen molar-refractivity contribution >= 4 is 17.3 Å². The summed E-state index contributed by atoms with van der Waals surface area (Å²) in [5.41, 5.74) is 2.58. The average Bonchev–Trinajstić information content (AvgIpc) is 2.67. The molecule has 0 aliphatic rings. The Morgan fingerprint density at radius 2 is 1.61 bits per heavy atom. The van der Waals surface area contributed by atoms with Crippen LogP contribution in [0.4, 0.5) is 11.4 Å². The van der Waals surface area contributed by atoms with Gasteiger partial charge in [0.1, 0.15) is 0 Å². The number of amides is 1. The summed E-state index contributed by atoms with van der Waals surface area (Å²) in [6.45, 7) is 3.47. The summed E-state index contributed by atoms with van der Waals surface area (Å²) >= 11 is 0. The van der Waals surface area contributed by atoms with Gasteiger partial charge in [0, 0.05) is 18.1 Å². The summed E-state index contributed by atoms with van der Waals surface area (Å²) in [6, 6.07) is 6.65. The van der Waals surface area contributed by atoms with Gasteiger partial charge in [0.25, 0.3) is 5.69 Å². The molecule has 0 spiro atoms. The van der Waals surface area contributed by atoms with Gasteiger partial charge in [0.05, 0.1) is 31.9 Å². The van der Waals surface area contributed by atoms with Gasteiger partial charge in [-0.15, -0.1) is 0 Å². The second kappa shape index (κ2) is 9.07. The fraction of sp³-hybridized carbons (Fsp3) is 0.350. The van der Waals surface area contributed by atoms with Crippen molar-refractivity contribution in [1.82, 2.24) is 0 Å². The van der Waals surface area contributed by atoms with E-state index < -0.39 is 4.92 Å². The van der Waals surface area contributed by atoms with Crippen molar-refractivity contribution in [2.24, 2.45) is 0 Å². The van der Waals surface area contributed by atoms with Gasteiger partial charge in [-0.25, -0.2) is 0 Å². The van der Waals surface area contributed by atoms with Gasteiger partial charge in [-0.1, -0.05) is 0 Å². The number of benzene rings is 2. The molecular formula is C20H24N2O6. The topological polar surface area (TPSA) is 99.9 Å². The summed E-state index contributed by atoms with van der Waals surface area (Å²) in [4.78, 5) is 23.0. The fourth-order valence-electron chi connectivity index (χ4n) is 2.92. The Bertz CT molecular complexity index is 870. The molecule has 0 aliphatic heterocycles. The molecule has 0 bridgehead atoms. The monoisotopic (exact) mass is 388 g/mol. The number of nitro benzene ring substituents is 1. The summed E-state index contributed by atoms with van der Waals surface area (Å²) in [6.07, 6.45) is 0.634. The number of hydrogen-bond acceptors (Lipinski definition) is 6. The minimum absolute atomic E-state index is 0.0227. The molecule has 0 saturated heterocycles. The Hall–Kier alpha value is -3.29. The number of hydrogen-bond donors (Lipinski definition) is 1. The SMILES string of the molecule is COc1cc(CCC(=O)Nc2cc([N+](=O)[O-])c(C)cc2C)cc(OC)c1OC. The molecule has 2 aromatic rings. The van der Waals surface area contributed by atoms with Gasteiger partial charge >= 0.3 is 0 Å². The smallest absolute Gasteiger partial charge is 0.274 e. The van der Waals surface area contributed by atoms with E-state index in [1.54, 1.807) is 32.0 Å². The first-order valence-electron chi connectivity index (χ1n) is 8.65. The first-order chi connectivity index (χ1) is 13.3. The third-order valence-electron chi connectivity index (χ3n) is 4.38. The standard InChI is InChI=1S/C20H24N2O6/c1-12-8-13(2)16(22(24)25)11-15(12)21-19(23)7-6-14-9-17(26-3)20(28-5)18(10-14)27-4/h8-11H,6-7H2,1-5H3,(H,21,23). The third-order valence-corrected chi connectivity index (χ3v) is 4.38. The second-order valence-electron chi connectivity index (χ2n) is 6.29. The van der Waals surface area contributed by atoms with E-state index in [1.807, 2.05) is 0 Å². The quantitative estimate of drug-likeness (QED) is 0.545.